The van der Waals surface area contributed by atoms with E-state index >= 15 is 0 Å². The smallest absolute Gasteiger partial charge is 0.250 e. The Labute approximate surface area is 84.3 Å². The Balaban J connectivity index is 2.55. The minimum Gasteiger partial charge on any atom is -0.377 e. The van der Waals surface area contributed by atoms with Crippen molar-refractivity contribution in [1.29, 1.82) is 0 Å². The Kier molecular flexibility index (Phi) is 3.89. The van der Waals surface area contributed by atoms with Crippen LogP contribution in [0.5, 0.6) is 0 Å². The van der Waals surface area contributed by atoms with Gasteiger partial charge >= 0.3 is 0 Å². The van der Waals surface area contributed by atoms with E-state index in [1.807, 2.05) is 26.8 Å². The van der Waals surface area contributed by atoms with Gasteiger partial charge in [0.15, 0.2) is 0 Å². The number of hydrogen-bond acceptors (Lipinski definition) is 2. The summed E-state index contributed by atoms with van der Waals surface area (Å²) >= 11 is 0. The van der Waals surface area contributed by atoms with E-state index in [4.69, 9.17) is 4.74 Å². The number of aryl methyl sites for hydroxylation is 1. The van der Waals surface area contributed by atoms with Gasteiger partial charge in [0, 0.05) is 18.8 Å². The Morgan fingerprint density at radius 2 is 2.21 bits per heavy atom. The highest BCUT2D eigenvalue weighted by molar-refractivity contribution is 5.07. The molecule has 0 aliphatic rings. The first-order valence-electron chi connectivity index (χ1n) is 4.88. The summed E-state index contributed by atoms with van der Waals surface area (Å²) in [7, 11) is 0. The van der Waals surface area contributed by atoms with Crippen molar-refractivity contribution in [2.75, 3.05) is 6.61 Å². The maximum Gasteiger partial charge on any atom is 0.250 e. The summed E-state index contributed by atoms with van der Waals surface area (Å²) in [5.41, 5.74) is 1.04. The highest BCUT2D eigenvalue weighted by Crippen LogP contribution is 1.92. The van der Waals surface area contributed by atoms with Crippen molar-refractivity contribution in [3.8, 4) is 0 Å². The van der Waals surface area contributed by atoms with Crippen LogP contribution in [0.25, 0.3) is 0 Å². The lowest BCUT2D eigenvalue weighted by Crippen LogP contribution is -2.22. The van der Waals surface area contributed by atoms with Gasteiger partial charge in [0.1, 0.15) is 0 Å². The maximum absolute atomic E-state index is 11.4. The van der Waals surface area contributed by atoms with Crippen molar-refractivity contribution in [1.82, 2.24) is 4.57 Å². The van der Waals surface area contributed by atoms with Crippen LogP contribution >= 0.6 is 0 Å². The Morgan fingerprint density at radius 3 is 2.79 bits per heavy atom. The summed E-state index contributed by atoms with van der Waals surface area (Å²) < 4.78 is 7.03. The van der Waals surface area contributed by atoms with Crippen LogP contribution in [0.1, 0.15) is 19.4 Å². The molecule has 3 nitrogen and oxygen atoms in total. The molecule has 0 amide bonds. The largest absolute Gasteiger partial charge is 0.377 e. The number of rotatable bonds is 4. The number of nitrogens with zero attached hydrogens (tertiary/aromatic N) is 1. The molecule has 0 unspecified atom stereocenters. The molecule has 0 aromatic carbocycles. The van der Waals surface area contributed by atoms with E-state index in [9.17, 15) is 4.79 Å². The summed E-state index contributed by atoms with van der Waals surface area (Å²) in [6, 6.07) is 3.56. The van der Waals surface area contributed by atoms with Crippen LogP contribution in [0.4, 0.5) is 0 Å². The van der Waals surface area contributed by atoms with Crippen molar-refractivity contribution >= 4 is 0 Å². The zero-order valence-electron chi connectivity index (χ0n) is 8.99. The lowest BCUT2D eigenvalue weighted by molar-refractivity contribution is 0.0722. The standard InChI is InChI=1S/C11H17NO2/c1-9(2)14-7-6-12-5-4-10(3)8-11(12)13/h4-5,8-9H,6-7H2,1-3H3. The fourth-order valence-electron chi connectivity index (χ4n) is 1.18. The van der Waals surface area contributed by atoms with Gasteiger partial charge in [0.05, 0.1) is 12.7 Å². The quantitative estimate of drug-likeness (QED) is 0.730. The third kappa shape index (κ3) is 3.34. The molecule has 1 rings (SSSR count). The molecule has 1 aromatic heterocycles. The SMILES string of the molecule is Cc1ccn(CCOC(C)C)c(=O)c1. The van der Waals surface area contributed by atoms with E-state index in [2.05, 4.69) is 0 Å². The summed E-state index contributed by atoms with van der Waals surface area (Å²) in [5, 5.41) is 0. The molecule has 1 heterocycles. The van der Waals surface area contributed by atoms with Crippen molar-refractivity contribution in [2.24, 2.45) is 0 Å². The predicted octanol–water partition coefficient (Wildman–Crippen LogP) is 1.58. The van der Waals surface area contributed by atoms with Crippen LogP contribution in [-0.4, -0.2) is 17.3 Å². The number of ether oxygens (including phenoxy) is 1. The van der Waals surface area contributed by atoms with Crippen LogP contribution in [-0.2, 0) is 11.3 Å². The van der Waals surface area contributed by atoms with E-state index in [1.165, 1.54) is 0 Å². The summed E-state index contributed by atoms with van der Waals surface area (Å²) in [4.78, 5) is 11.4. The molecule has 78 valence electrons. The normalized spacial score (nSPS) is 10.9. The molecular formula is C11H17NO2. The van der Waals surface area contributed by atoms with Crippen LogP contribution < -0.4 is 5.56 Å². The van der Waals surface area contributed by atoms with Gasteiger partial charge in [0.25, 0.3) is 5.56 Å². The van der Waals surface area contributed by atoms with Crippen LogP contribution in [0.3, 0.4) is 0 Å². The monoisotopic (exact) mass is 195 g/mol. The van der Waals surface area contributed by atoms with Crippen molar-refractivity contribution in [2.45, 2.75) is 33.4 Å². The van der Waals surface area contributed by atoms with Gasteiger partial charge in [-0.2, -0.15) is 0 Å². The van der Waals surface area contributed by atoms with Gasteiger partial charge < -0.3 is 9.30 Å². The minimum atomic E-state index is 0.0392. The Bertz CT molecular complexity index is 341. The number of aromatic nitrogens is 1. The molecular weight excluding hydrogens is 178 g/mol. The van der Waals surface area contributed by atoms with Crippen molar-refractivity contribution < 1.29 is 4.74 Å². The molecule has 3 heteroatoms. The lowest BCUT2D eigenvalue weighted by atomic mass is 10.3. The first kappa shape index (κ1) is 11.0. The second-order valence-electron chi connectivity index (χ2n) is 3.66. The topological polar surface area (TPSA) is 31.2 Å². The van der Waals surface area contributed by atoms with Gasteiger partial charge in [0.2, 0.25) is 0 Å². The van der Waals surface area contributed by atoms with Gasteiger partial charge in [-0.3, -0.25) is 4.79 Å². The van der Waals surface area contributed by atoms with E-state index in [0.29, 0.717) is 13.2 Å². The van der Waals surface area contributed by atoms with E-state index in [0.717, 1.165) is 5.56 Å². The van der Waals surface area contributed by atoms with Crippen molar-refractivity contribution in [3.63, 3.8) is 0 Å². The number of hydrogen-bond donors (Lipinski definition) is 0. The van der Waals surface area contributed by atoms with E-state index in [1.54, 1.807) is 16.8 Å². The van der Waals surface area contributed by atoms with Gasteiger partial charge in [-0.25, -0.2) is 0 Å². The summed E-state index contributed by atoms with van der Waals surface area (Å²) in [5.74, 6) is 0. The third-order valence-electron chi connectivity index (χ3n) is 1.93. The summed E-state index contributed by atoms with van der Waals surface area (Å²) in [6.45, 7) is 7.09. The molecule has 0 bridgehead atoms. The molecule has 0 atom stereocenters. The molecule has 0 spiro atoms. The molecule has 14 heavy (non-hydrogen) atoms. The first-order chi connectivity index (χ1) is 6.59. The summed E-state index contributed by atoms with van der Waals surface area (Å²) in [6.07, 6.45) is 2.03. The van der Waals surface area contributed by atoms with Gasteiger partial charge in [-0.05, 0) is 32.4 Å². The number of pyridine rings is 1. The molecule has 0 saturated carbocycles. The average molecular weight is 195 g/mol. The molecule has 0 N–H and O–H groups in total. The molecule has 0 radical (unpaired) electrons. The Morgan fingerprint density at radius 1 is 1.50 bits per heavy atom. The molecule has 0 aliphatic heterocycles. The predicted molar refractivity (Wildman–Crippen MR) is 56.5 cm³/mol. The van der Waals surface area contributed by atoms with E-state index in [-0.39, 0.29) is 11.7 Å². The van der Waals surface area contributed by atoms with Gasteiger partial charge in [-0.1, -0.05) is 0 Å². The zero-order valence-corrected chi connectivity index (χ0v) is 8.99. The fraction of sp³-hybridized carbons (Fsp3) is 0.545. The molecule has 0 aliphatic carbocycles. The zero-order chi connectivity index (χ0) is 10.6. The second kappa shape index (κ2) is 4.96. The molecule has 1 aromatic rings. The average Bonchev–Trinajstić information content (AvgIpc) is 2.08. The minimum absolute atomic E-state index is 0.0392. The first-order valence-corrected chi connectivity index (χ1v) is 4.88. The van der Waals surface area contributed by atoms with Gasteiger partial charge in [-0.15, -0.1) is 0 Å². The Hall–Kier alpha value is -1.09. The maximum atomic E-state index is 11.4. The highest BCUT2D eigenvalue weighted by atomic mass is 16.5. The third-order valence-corrected chi connectivity index (χ3v) is 1.93. The molecule has 0 saturated heterocycles. The fourth-order valence-corrected chi connectivity index (χ4v) is 1.18. The van der Waals surface area contributed by atoms with Crippen molar-refractivity contribution in [3.05, 3.63) is 34.2 Å². The van der Waals surface area contributed by atoms with Crippen LogP contribution in [0, 0.1) is 6.92 Å². The van der Waals surface area contributed by atoms with E-state index < -0.39 is 0 Å². The van der Waals surface area contributed by atoms with Crippen LogP contribution in [0.15, 0.2) is 23.1 Å². The highest BCUT2D eigenvalue weighted by Gasteiger charge is 1.97. The lowest BCUT2D eigenvalue weighted by Gasteiger charge is -2.09. The molecule has 0 fully saturated rings. The van der Waals surface area contributed by atoms with Crippen LogP contribution in [0.2, 0.25) is 0 Å². The second-order valence-corrected chi connectivity index (χ2v) is 3.66.